The van der Waals surface area contributed by atoms with Gasteiger partial charge < -0.3 is 5.32 Å². The summed E-state index contributed by atoms with van der Waals surface area (Å²) in [5, 5.41) is 7.08. The van der Waals surface area contributed by atoms with E-state index in [0.29, 0.717) is 5.56 Å². The van der Waals surface area contributed by atoms with Gasteiger partial charge in [0.05, 0.1) is 17.1 Å². The summed E-state index contributed by atoms with van der Waals surface area (Å²) in [4.78, 5) is 12.7. The molecule has 3 rings (SSSR count). The topological polar surface area (TPSA) is 93.1 Å². The molecule has 1 saturated carbocycles. The third-order valence-corrected chi connectivity index (χ3v) is 6.44. The summed E-state index contributed by atoms with van der Waals surface area (Å²) in [6, 6.07) is 5.90. The van der Waals surface area contributed by atoms with Crippen molar-refractivity contribution in [2.75, 3.05) is 0 Å². The van der Waals surface area contributed by atoms with Crippen molar-refractivity contribution >= 4 is 15.9 Å². The predicted octanol–water partition coefficient (Wildman–Crippen LogP) is 2.05. The van der Waals surface area contributed by atoms with Gasteiger partial charge in [0.1, 0.15) is 0 Å². The van der Waals surface area contributed by atoms with E-state index in [1.54, 1.807) is 23.0 Å². The SMILES string of the molecule is Cc1c([C@H](C)NC(=O)c2cccc(S(=O)(=O)NC3CCC3)c2)cnn1C. The number of aromatic nitrogens is 2. The van der Waals surface area contributed by atoms with Crippen molar-refractivity contribution in [2.24, 2.45) is 7.05 Å². The maximum Gasteiger partial charge on any atom is 0.251 e. The van der Waals surface area contributed by atoms with Gasteiger partial charge in [-0.2, -0.15) is 5.10 Å². The molecule has 0 saturated heterocycles. The molecule has 1 aromatic heterocycles. The molecule has 0 aliphatic heterocycles. The first-order chi connectivity index (χ1) is 12.3. The summed E-state index contributed by atoms with van der Waals surface area (Å²) in [7, 11) is -1.76. The molecule has 1 aliphatic rings. The molecule has 1 fully saturated rings. The Kier molecular flexibility index (Phi) is 5.15. The van der Waals surface area contributed by atoms with Crippen molar-refractivity contribution < 1.29 is 13.2 Å². The number of hydrogen-bond acceptors (Lipinski definition) is 4. The molecule has 2 N–H and O–H groups in total. The van der Waals surface area contributed by atoms with Gasteiger partial charge in [-0.1, -0.05) is 12.5 Å². The molecule has 0 unspecified atom stereocenters. The Bertz CT molecular complexity index is 916. The van der Waals surface area contributed by atoms with Gasteiger partial charge in [-0.25, -0.2) is 13.1 Å². The van der Waals surface area contributed by atoms with E-state index in [4.69, 9.17) is 0 Å². The fraction of sp³-hybridized carbons (Fsp3) is 0.444. The van der Waals surface area contributed by atoms with Crippen LogP contribution >= 0.6 is 0 Å². The molecular weight excluding hydrogens is 352 g/mol. The maximum absolute atomic E-state index is 12.6. The highest BCUT2D eigenvalue weighted by molar-refractivity contribution is 7.89. The van der Waals surface area contributed by atoms with Crippen molar-refractivity contribution in [3.63, 3.8) is 0 Å². The lowest BCUT2D eigenvalue weighted by molar-refractivity contribution is 0.0939. The van der Waals surface area contributed by atoms with E-state index < -0.39 is 10.0 Å². The number of rotatable bonds is 6. The molecule has 1 amide bonds. The molecule has 1 atom stereocenters. The highest BCUT2D eigenvalue weighted by atomic mass is 32.2. The molecule has 140 valence electrons. The number of nitrogens with one attached hydrogen (secondary N) is 2. The number of carbonyl (C=O) groups is 1. The number of benzene rings is 1. The fourth-order valence-corrected chi connectivity index (χ4v) is 4.27. The van der Waals surface area contributed by atoms with Gasteiger partial charge >= 0.3 is 0 Å². The van der Waals surface area contributed by atoms with Crippen LogP contribution in [0.4, 0.5) is 0 Å². The Morgan fingerprint density at radius 3 is 2.65 bits per heavy atom. The first-order valence-electron chi connectivity index (χ1n) is 8.69. The van der Waals surface area contributed by atoms with Gasteiger partial charge in [-0.15, -0.1) is 0 Å². The Balaban J connectivity index is 1.74. The van der Waals surface area contributed by atoms with Crippen molar-refractivity contribution in [1.82, 2.24) is 19.8 Å². The average Bonchev–Trinajstić information content (AvgIpc) is 2.91. The first kappa shape index (κ1) is 18.6. The summed E-state index contributed by atoms with van der Waals surface area (Å²) in [6.07, 6.45) is 4.49. The minimum Gasteiger partial charge on any atom is -0.345 e. The molecule has 1 heterocycles. The van der Waals surface area contributed by atoms with Crippen LogP contribution in [0.2, 0.25) is 0 Å². The maximum atomic E-state index is 12.6. The lowest BCUT2D eigenvalue weighted by Gasteiger charge is -2.26. The third kappa shape index (κ3) is 3.81. The van der Waals surface area contributed by atoms with Crippen LogP contribution in [0.25, 0.3) is 0 Å². The number of amides is 1. The van der Waals surface area contributed by atoms with Crippen LogP contribution in [-0.4, -0.2) is 30.1 Å². The molecule has 0 radical (unpaired) electrons. The summed E-state index contributed by atoms with van der Waals surface area (Å²) in [5.41, 5.74) is 2.21. The van der Waals surface area contributed by atoms with Crippen molar-refractivity contribution in [3.8, 4) is 0 Å². The molecule has 2 aromatic rings. The minimum atomic E-state index is -3.60. The lowest BCUT2D eigenvalue weighted by atomic mass is 9.94. The standard InChI is InChI=1S/C18H24N4O3S/c1-12(17-11-19-22(3)13(17)2)20-18(23)14-6-4-9-16(10-14)26(24,25)21-15-7-5-8-15/h4,6,9-12,15,21H,5,7-8H2,1-3H3,(H,20,23)/t12-/m0/s1. The second-order valence-corrected chi connectivity index (χ2v) is 8.50. The second kappa shape index (κ2) is 7.20. The van der Waals surface area contributed by atoms with E-state index in [1.165, 1.54) is 12.1 Å². The lowest BCUT2D eigenvalue weighted by Crippen LogP contribution is -2.39. The first-order valence-corrected chi connectivity index (χ1v) is 10.2. The molecule has 1 aromatic carbocycles. The highest BCUT2D eigenvalue weighted by Crippen LogP contribution is 2.22. The van der Waals surface area contributed by atoms with E-state index in [1.807, 2.05) is 20.9 Å². The van der Waals surface area contributed by atoms with E-state index >= 15 is 0 Å². The monoisotopic (exact) mass is 376 g/mol. The third-order valence-electron chi connectivity index (χ3n) is 4.92. The Hall–Kier alpha value is -2.19. The van der Waals surface area contributed by atoms with E-state index in [9.17, 15) is 13.2 Å². The van der Waals surface area contributed by atoms with E-state index in [-0.39, 0.29) is 22.9 Å². The smallest absolute Gasteiger partial charge is 0.251 e. The zero-order chi connectivity index (χ0) is 18.9. The fourth-order valence-electron chi connectivity index (χ4n) is 2.92. The van der Waals surface area contributed by atoms with Crippen molar-refractivity contribution in [3.05, 3.63) is 47.3 Å². The van der Waals surface area contributed by atoms with Gasteiger partial charge in [0, 0.05) is 29.9 Å². The van der Waals surface area contributed by atoms with Gasteiger partial charge in [0.15, 0.2) is 0 Å². The van der Waals surface area contributed by atoms with Crippen molar-refractivity contribution in [1.29, 1.82) is 0 Å². The molecule has 1 aliphatic carbocycles. The summed E-state index contributed by atoms with van der Waals surface area (Å²) < 4.78 is 29.3. The Morgan fingerprint density at radius 2 is 2.08 bits per heavy atom. The van der Waals surface area contributed by atoms with Crippen LogP contribution in [0.1, 0.15) is 53.8 Å². The van der Waals surface area contributed by atoms with Crippen LogP contribution in [-0.2, 0) is 17.1 Å². The van der Waals surface area contributed by atoms with Gasteiger partial charge in [-0.05, 0) is 44.9 Å². The van der Waals surface area contributed by atoms with Gasteiger partial charge in [0.25, 0.3) is 5.91 Å². The number of sulfonamides is 1. The van der Waals surface area contributed by atoms with E-state index in [0.717, 1.165) is 30.5 Å². The predicted molar refractivity (Wildman–Crippen MR) is 98.2 cm³/mol. The average molecular weight is 376 g/mol. The van der Waals surface area contributed by atoms with Crippen LogP contribution in [0.3, 0.4) is 0 Å². The van der Waals surface area contributed by atoms with Crippen LogP contribution in [0.5, 0.6) is 0 Å². The zero-order valence-corrected chi connectivity index (χ0v) is 16.0. The number of hydrogen-bond donors (Lipinski definition) is 2. The Morgan fingerprint density at radius 1 is 1.35 bits per heavy atom. The molecule has 0 bridgehead atoms. The summed E-state index contributed by atoms with van der Waals surface area (Å²) in [5.74, 6) is -0.318. The molecule has 26 heavy (non-hydrogen) atoms. The second-order valence-electron chi connectivity index (χ2n) is 6.78. The van der Waals surface area contributed by atoms with Crippen LogP contribution in [0, 0.1) is 6.92 Å². The minimum absolute atomic E-state index is 0.00561. The van der Waals surface area contributed by atoms with Crippen LogP contribution in [0.15, 0.2) is 35.4 Å². The van der Waals surface area contributed by atoms with Crippen LogP contribution < -0.4 is 10.0 Å². The van der Waals surface area contributed by atoms with Gasteiger partial charge in [-0.3, -0.25) is 9.48 Å². The molecular formula is C18H24N4O3S. The normalized spacial score (nSPS) is 16.1. The Labute approximate surface area is 153 Å². The highest BCUT2D eigenvalue weighted by Gasteiger charge is 2.25. The summed E-state index contributed by atoms with van der Waals surface area (Å²) >= 11 is 0. The number of aryl methyl sites for hydroxylation is 1. The quantitative estimate of drug-likeness (QED) is 0.807. The van der Waals surface area contributed by atoms with E-state index in [2.05, 4.69) is 15.1 Å². The summed E-state index contributed by atoms with van der Waals surface area (Å²) in [6.45, 7) is 3.81. The van der Waals surface area contributed by atoms with Gasteiger partial charge in [0.2, 0.25) is 10.0 Å². The molecule has 8 heteroatoms. The number of carbonyl (C=O) groups excluding carboxylic acids is 1. The molecule has 0 spiro atoms. The van der Waals surface area contributed by atoms with Crippen molar-refractivity contribution in [2.45, 2.75) is 50.1 Å². The zero-order valence-electron chi connectivity index (χ0n) is 15.2. The largest absolute Gasteiger partial charge is 0.345 e. The number of nitrogens with zero attached hydrogens (tertiary/aromatic N) is 2. The molecule has 7 nitrogen and oxygen atoms in total.